The predicted octanol–water partition coefficient (Wildman–Crippen LogP) is 0.116. The molecular formula is C10H16N2O3S. The maximum absolute atomic E-state index is 11.6. The van der Waals surface area contributed by atoms with E-state index in [2.05, 4.69) is 4.72 Å². The SMILES string of the molecule is CN(C)S(=O)(=O)NC(CO)c1ccccc1. The molecule has 90 valence electrons. The first-order chi connectivity index (χ1) is 7.47. The van der Waals surface area contributed by atoms with E-state index in [1.165, 1.54) is 14.1 Å². The molecule has 0 aliphatic rings. The number of nitrogens with one attached hydrogen (secondary N) is 1. The molecule has 0 fully saturated rings. The number of nitrogens with zero attached hydrogens (tertiary/aromatic N) is 1. The van der Waals surface area contributed by atoms with E-state index in [1.807, 2.05) is 6.07 Å². The molecule has 1 aromatic carbocycles. The third-order valence-electron chi connectivity index (χ3n) is 2.16. The molecule has 1 rings (SSSR count). The fraction of sp³-hybridized carbons (Fsp3) is 0.400. The first kappa shape index (κ1) is 13.1. The monoisotopic (exact) mass is 244 g/mol. The van der Waals surface area contributed by atoms with E-state index in [0.717, 1.165) is 9.87 Å². The van der Waals surface area contributed by atoms with Crippen LogP contribution in [0.3, 0.4) is 0 Å². The third-order valence-corrected chi connectivity index (χ3v) is 3.70. The normalized spacial score (nSPS) is 14.0. The first-order valence-electron chi connectivity index (χ1n) is 4.83. The van der Waals surface area contributed by atoms with Crippen LogP contribution < -0.4 is 4.72 Å². The highest BCUT2D eigenvalue weighted by atomic mass is 32.2. The molecule has 0 amide bonds. The highest BCUT2D eigenvalue weighted by Gasteiger charge is 2.20. The molecule has 0 aliphatic carbocycles. The van der Waals surface area contributed by atoms with E-state index in [-0.39, 0.29) is 6.61 Å². The van der Waals surface area contributed by atoms with E-state index in [4.69, 9.17) is 0 Å². The summed E-state index contributed by atoms with van der Waals surface area (Å²) in [6.45, 7) is -0.281. The largest absolute Gasteiger partial charge is 0.394 e. The van der Waals surface area contributed by atoms with Crippen molar-refractivity contribution in [1.82, 2.24) is 9.03 Å². The molecule has 0 bridgehead atoms. The Bertz CT molecular complexity index is 417. The number of aliphatic hydroxyl groups excluding tert-OH is 1. The Labute approximate surface area is 95.9 Å². The lowest BCUT2D eigenvalue weighted by atomic mass is 10.1. The molecule has 1 aromatic rings. The van der Waals surface area contributed by atoms with Crippen molar-refractivity contribution in [3.63, 3.8) is 0 Å². The van der Waals surface area contributed by atoms with Crippen molar-refractivity contribution in [2.24, 2.45) is 0 Å². The second-order valence-electron chi connectivity index (χ2n) is 3.55. The lowest BCUT2D eigenvalue weighted by molar-refractivity contribution is 0.257. The second-order valence-corrected chi connectivity index (χ2v) is 5.47. The summed E-state index contributed by atoms with van der Waals surface area (Å²) in [4.78, 5) is 0. The van der Waals surface area contributed by atoms with Crippen LogP contribution in [0.25, 0.3) is 0 Å². The van der Waals surface area contributed by atoms with Crippen LogP contribution in [-0.2, 0) is 10.2 Å². The Kier molecular flexibility index (Phi) is 4.43. The van der Waals surface area contributed by atoms with Crippen LogP contribution in [0, 0.1) is 0 Å². The van der Waals surface area contributed by atoms with Crippen LogP contribution >= 0.6 is 0 Å². The average Bonchev–Trinajstić information content (AvgIpc) is 2.27. The number of benzene rings is 1. The van der Waals surface area contributed by atoms with Crippen LogP contribution in [0.2, 0.25) is 0 Å². The minimum absolute atomic E-state index is 0.281. The zero-order valence-electron chi connectivity index (χ0n) is 9.29. The molecule has 16 heavy (non-hydrogen) atoms. The summed E-state index contributed by atoms with van der Waals surface area (Å²) in [5.41, 5.74) is 0.732. The maximum atomic E-state index is 11.6. The molecule has 6 heteroatoms. The Balaban J connectivity index is 2.86. The van der Waals surface area contributed by atoms with Gasteiger partial charge >= 0.3 is 0 Å². The number of hydrogen-bond acceptors (Lipinski definition) is 3. The minimum Gasteiger partial charge on any atom is -0.394 e. The Morgan fingerprint density at radius 3 is 2.31 bits per heavy atom. The van der Waals surface area contributed by atoms with Gasteiger partial charge < -0.3 is 5.11 Å². The van der Waals surface area contributed by atoms with Crippen molar-refractivity contribution in [3.8, 4) is 0 Å². The number of hydrogen-bond donors (Lipinski definition) is 2. The molecule has 0 saturated carbocycles. The van der Waals surface area contributed by atoms with Crippen molar-refractivity contribution >= 4 is 10.2 Å². The summed E-state index contributed by atoms with van der Waals surface area (Å²) < 4.78 is 26.6. The lowest BCUT2D eigenvalue weighted by Gasteiger charge is -2.19. The molecule has 0 spiro atoms. The molecule has 1 unspecified atom stereocenters. The van der Waals surface area contributed by atoms with Gasteiger partial charge in [-0.15, -0.1) is 0 Å². The number of rotatable bonds is 5. The molecule has 0 saturated heterocycles. The van der Waals surface area contributed by atoms with Gasteiger partial charge in [0.2, 0.25) is 0 Å². The predicted molar refractivity (Wildman–Crippen MR) is 62.0 cm³/mol. The highest BCUT2D eigenvalue weighted by molar-refractivity contribution is 7.87. The first-order valence-corrected chi connectivity index (χ1v) is 6.27. The van der Waals surface area contributed by atoms with Crippen LogP contribution in [0.4, 0.5) is 0 Å². The standard InChI is InChI=1S/C10H16N2O3S/c1-12(2)16(14,15)11-10(8-13)9-6-4-3-5-7-9/h3-7,10-11,13H,8H2,1-2H3. The van der Waals surface area contributed by atoms with Crippen LogP contribution in [-0.4, -0.2) is 38.5 Å². The number of aliphatic hydroxyl groups is 1. The zero-order chi connectivity index (χ0) is 12.2. The molecule has 1 atom stereocenters. The van der Waals surface area contributed by atoms with E-state index in [9.17, 15) is 13.5 Å². The van der Waals surface area contributed by atoms with Crippen molar-refractivity contribution < 1.29 is 13.5 Å². The van der Waals surface area contributed by atoms with E-state index < -0.39 is 16.3 Å². The van der Waals surface area contributed by atoms with Crippen molar-refractivity contribution in [2.75, 3.05) is 20.7 Å². The van der Waals surface area contributed by atoms with Crippen molar-refractivity contribution in [2.45, 2.75) is 6.04 Å². The Morgan fingerprint density at radius 1 is 1.31 bits per heavy atom. The van der Waals surface area contributed by atoms with Gasteiger partial charge in [-0.05, 0) is 5.56 Å². The van der Waals surface area contributed by atoms with Crippen LogP contribution in [0.1, 0.15) is 11.6 Å². The fourth-order valence-corrected chi connectivity index (χ4v) is 1.96. The summed E-state index contributed by atoms with van der Waals surface area (Å²) in [7, 11) is -0.670. The topological polar surface area (TPSA) is 69.6 Å². The van der Waals surface area contributed by atoms with Gasteiger partial charge in [0, 0.05) is 14.1 Å². The molecule has 0 heterocycles. The highest BCUT2D eigenvalue weighted by Crippen LogP contribution is 2.13. The van der Waals surface area contributed by atoms with Gasteiger partial charge in [0.25, 0.3) is 10.2 Å². The minimum atomic E-state index is -3.53. The van der Waals surface area contributed by atoms with Crippen molar-refractivity contribution in [1.29, 1.82) is 0 Å². The zero-order valence-corrected chi connectivity index (χ0v) is 10.1. The summed E-state index contributed by atoms with van der Waals surface area (Å²) in [6.07, 6.45) is 0. The molecule has 2 N–H and O–H groups in total. The summed E-state index contributed by atoms with van der Waals surface area (Å²) in [5.74, 6) is 0. The smallest absolute Gasteiger partial charge is 0.279 e. The van der Waals surface area contributed by atoms with Gasteiger partial charge in [0.15, 0.2) is 0 Å². The Morgan fingerprint density at radius 2 is 1.88 bits per heavy atom. The maximum Gasteiger partial charge on any atom is 0.279 e. The van der Waals surface area contributed by atoms with E-state index >= 15 is 0 Å². The van der Waals surface area contributed by atoms with Gasteiger partial charge in [-0.3, -0.25) is 0 Å². The Hall–Kier alpha value is -0.950. The summed E-state index contributed by atoms with van der Waals surface area (Å²) in [6, 6.07) is 8.33. The van der Waals surface area contributed by atoms with Gasteiger partial charge in [0.1, 0.15) is 0 Å². The molecule has 0 aliphatic heterocycles. The lowest BCUT2D eigenvalue weighted by Crippen LogP contribution is -2.39. The van der Waals surface area contributed by atoms with Gasteiger partial charge in [-0.25, -0.2) is 0 Å². The second kappa shape index (κ2) is 5.40. The van der Waals surface area contributed by atoms with Crippen LogP contribution in [0.15, 0.2) is 30.3 Å². The van der Waals surface area contributed by atoms with E-state index in [1.54, 1.807) is 24.3 Å². The summed E-state index contributed by atoms with van der Waals surface area (Å²) in [5, 5.41) is 9.18. The van der Waals surface area contributed by atoms with Gasteiger partial charge in [-0.1, -0.05) is 30.3 Å². The molecular weight excluding hydrogens is 228 g/mol. The third kappa shape index (κ3) is 3.28. The summed E-state index contributed by atoms with van der Waals surface area (Å²) >= 11 is 0. The molecule has 0 radical (unpaired) electrons. The quantitative estimate of drug-likeness (QED) is 0.772. The van der Waals surface area contributed by atoms with E-state index in [0.29, 0.717) is 0 Å². The van der Waals surface area contributed by atoms with Gasteiger partial charge in [0.05, 0.1) is 12.6 Å². The fourth-order valence-electron chi connectivity index (χ4n) is 1.18. The van der Waals surface area contributed by atoms with Gasteiger partial charge in [-0.2, -0.15) is 17.4 Å². The molecule has 0 aromatic heterocycles. The molecule has 5 nitrogen and oxygen atoms in total. The van der Waals surface area contributed by atoms with Crippen molar-refractivity contribution in [3.05, 3.63) is 35.9 Å². The average molecular weight is 244 g/mol. The van der Waals surface area contributed by atoms with Crippen LogP contribution in [0.5, 0.6) is 0 Å².